The molecule has 1 heterocycles. The standard InChI is InChI=1S/C15H21N3OS/c1-11(2)8-12(9-16)15-17-14(18-19-15)10-20-13-6-4-3-5-7-13/h3-7,11-12H,8-10,16H2,1-2H3. The van der Waals surface area contributed by atoms with Crippen LogP contribution in [0, 0.1) is 5.92 Å². The molecule has 2 N–H and O–H groups in total. The summed E-state index contributed by atoms with van der Waals surface area (Å²) in [7, 11) is 0. The highest BCUT2D eigenvalue weighted by atomic mass is 32.2. The van der Waals surface area contributed by atoms with Gasteiger partial charge in [0.1, 0.15) is 0 Å². The van der Waals surface area contributed by atoms with Gasteiger partial charge in [0.05, 0.1) is 11.7 Å². The van der Waals surface area contributed by atoms with E-state index in [1.54, 1.807) is 11.8 Å². The number of nitrogens with two attached hydrogens (primary N) is 1. The minimum Gasteiger partial charge on any atom is -0.339 e. The van der Waals surface area contributed by atoms with Gasteiger partial charge in [0.25, 0.3) is 0 Å². The SMILES string of the molecule is CC(C)CC(CN)c1nc(CSc2ccccc2)no1. The van der Waals surface area contributed by atoms with Crippen molar-refractivity contribution in [2.24, 2.45) is 11.7 Å². The maximum atomic E-state index is 5.79. The van der Waals surface area contributed by atoms with Crippen LogP contribution in [0.4, 0.5) is 0 Å². The number of hydrogen-bond donors (Lipinski definition) is 1. The first-order chi connectivity index (χ1) is 9.69. The Bertz CT molecular complexity index is 513. The van der Waals surface area contributed by atoms with Gasteiger partial charge in [-0.1, -0.05) is 37.2 Å². The summed E-state index contributed by atoms with van der Waals surface area (Å²) in [5.74, 6) is 2.85. The van der Waals surface area contributed by atoms with Crippen LogP contribution in [-0.2, 0) is 5.75 Å². The number of thioether (sulfide) groups is 1. The largest absolute Gasteiger partial charge is 0.339 e. The average molecular weight is 291 g/mol. The predicted octanol–water partition coefficient (Wildman–Crippen LogP) is 3.45. The Morgan fingerprint density at radius 1 is 1.25 bits per heavy atom. The summed E-state index contributed by atoms with van der Waals surface area (Å²) in [4.78, 5) is 5.68. The molecule has 1 aromatic heterocycles. The third-order valence-corrected chi connectivity index (χ3v) is 3.99. The van der Waals surface area contributed by atoms with Crippen molar-refractivity contribution in [3.8, 4) is 0 Å². The van der Waals surface area contributed by atoms with Crippen molar-refractivity contribution >= 4 is 11.8 Å². The van der Waals surface area contributed by atoms with E-state index in [2.05, 4.69) is 36.1 Å². The van der Waals surface area contributed by atoms with Gasteiger partial charge in [-0.2, -0.15) is 4.98 Å². The average Bonchev–Trinajstić information content (AvgIpc) is 2.92. The van der Waals surface area contributed by atoms with Gasteiger partial charge in [-0.25, -0.2) is 0 Å². The minimum atomic E-state index is 0.165. The first kappa shape index (κ1) is 15.1. The van der Waals surface area contributed by atoms with Crippen LogP contribution in [0.15, 0.2) is 39.8 Å². The Hall–Kier alpha value is -1.33. The lowest BCUT2D eigenvalue weighted by molar-refractivity contribution is 0.332. The van der Waals surface area contributed by atoms with Crippen molar-refractivity contribution in [3.05, 3.63) is 42.0 Å². The monoisotopic (exact) mass is 291 g/mol. The van der Waals surface area contributed by atoms with E-state index in [0.717, 1.165) is 12.2 Å². The molecule has 0 aliphatic heterocycles. The van der Waals surface area contributed by atoms with E-state index >= 15 is 0 Å². The van der Waals surface area contributed by atoms with Crippen LogP contribution < -0.4 is 5.73 Å². The molecule has 0 bridgehead atoms. The third kappa shape index (κ3) is 4.35. The van der Waals surface area contributed by atoms with Gasteiger partial charge < -0.3 is 10.3 Å². The Morgan fingerprint density at radius 2 is 2.00 bits per heavy atom. The van der Waals surface area contributed by atoms with Crippen molar-refractivity contribution in [1.29, 1.82) is 0 Å². The molecule has 0 saturated heterocycles. The topological polar surface area (TPSA) is 64.9 Å². The number of hydrogen-bond acceptors (Lipinski definition) is 5. The number of aromatic nitrogens is 2. The molecule has 0 aliphatic rings. The highest BCUT2D eigenvalue weighted by Crippen LogP contribution is 2.24. The molecule has 2 aromatic rings. The fourth-order valence-electron chi connectivity index (χ4n) is 2.02. The summed E-state index contributed by atoms with van der Waals surface area (Å²) >= 11 is 1.70. The zero-order valence-electron chi connectivity index (χ0n) is 12.0. The predicted molar refractivity (Wildman–Crippen MR) is 81.6 cm³/mol. The van der Waals surface area contributed by atoms with Crippen LogP contribution in [0.2, 0.25) is 0 Å². The zero-order valence-corrected chi connectivity index (χ0v) is 12.8. The molecule has 0 radical (unpaired) electrons. The number of rotatable bonds is 7. The summed E-state index contributed by atoms with van der Waals surface area (Å²) in [6, 6.07) is 10.2. The zero-order chi connectivity index (χ0) is 14.4. The minimum absolute atomic E-state index is 0.165. The van der Waals surface area contributed by atoms with Crippen molar-refractivity contribution in [2.45, 2.75) is 36.8 Å². The summed E-state index contributed by atoms with van der Waals surface area (Å²) in [6.07, 6.45) is 0.976. The lowest BCUT2D eigenvalue weighted by Crippen LogP contribution is -2.15. The molecule has 0 amide bonds. The quantitative estimate of drug-likeness (QED) is 0.791. The van der Waals surface area contributed by atoms with Crippen LogP contribution in [-0.4, -0.2) is 16.7 Å². The van der Waals surface area contributed by atoms with E-state index in [-0.39, 0.29) is 5.92 Å². The molecular formula is C15H21N3OS. The molecule has 0 spiro atoms. The molecule has 1 atom stereocenters. The molecule has 1 aromatic carbocycles. The second-order valence-corrected chi connectivity index (χ2v) is 6.26. The van der Waals surface area contributed by atoms with Gasteiger partial charge in [0.2, 0.25) is 5.89 Å². The first-order valence-corrected chi connectivity index (χ1v) is 7.88. The highest BCUT2D eigenvalue weighted by Gasteiger charge is 2.18. The van der Waals surface area contributed by atoms with Crippen molar-refractivity contribution < 1.29 is 4.52 Å². The fraction of sp³-hybridized carbons (Fsp3) is 0.467. The molecule has 5 heteroatoms. The second-order valence-electron chi connectivity index (χ2n) is 5.21. The van der Waals surface area contributed by atoms with Gasteiger partial charge in [-0.15, -0.1) is 11.8 Å². The summed E-state index contributed by atoms with van der Waals surface area (Å²) in [5.41, 5.74) is 5.79. The van der Waals surface area contributed by atoms with Crippen LogP contribution in [0.3, 0.4) is 0 Å². The lowest BCUT2D eigenvalue weighted by Gasteiger charge is -2.11. The summed E-state index contributed by atoms with van der Waals surface area (Å²) in [5, 5.41) is 4.04. The molecular weight excluding hydrogens is 270 g/mol. The summed E-state index contributed by atoms with van der Waals surface area (Å²) < 4.78 is 5.35. The van der Waals surface area contributed by atoms with Crippen LogP contribution >= 0.6 is 11.8 Å². The fourth-order valence-corrected chi connectivity index (χ4v) is 2.79. The highest BCUT2D eigenvalue weighted by molar-refractivity contribution is 7.98. The van der Waals surface area contributed by atoms with E-state index in [9.17, 15) is 0 Å². The maximum Gasteiger partial charge on any atom is 0.231 e. The molecule has 4 nitrogen and oxygen atoms in total. The van der Waals surface area contributed by atoms with E-state index < -0.39 is 0 Å². The van der Waals surface area contributed by atoms with Crippen molar-refractivity contribution in [1.82, 2.24) is 10.1 Å². The van der Waals surface area contributed by atoms with Crippen LogP contribution in [0.25, 0.3) is 0 Å². The van der Waals surface area contributed by atoms with E-state index in [1.807, 2.05) is 18.2 Å². The number of benzene rings is 1. The third-order valence-electron chi connectivity index (χ3n) is 2.98. The molecule has 0 saturated carbocycles. The van der Waals surface area contributed by atoms with E-state index in [0.29, 0.717) is 24.1 Å². The molecule has 0 fully saturated rings. The Labute approximate surface area is 124 Å². The number of nitrogens with zero attached hydrogens (tertiary/aromatic N) is 2. The molecule has 2 rings (SSSR count). The molecule has 1 unspecified atom stereocenters. The van der Waals surface area contributed by atoms with Gasteiger partial charge in [-0.05, 0) is 24.5 Å². The first-order valence-electron chi connectivity index (χ1n) is 6.89. The van der Waals surface area contributed by atoms with Crippen molar-refractivity contribution in [2.75, 3.05) is 6.54 Å². The Morgan fingerprint density at radius 3 is 2.65 bits per heavy atom. The molecule has 20 heavy (non-hydrogen) atoms. The maximum absolute atomic E-state index is 5.79. The molecule has 108 valence electrons. The van der Waals surface area contributed by atoms with Crippen LogP contribution in [0.5, 0.6) is 0 Å². The van der Waals surface area contributed by atoms with Crippen molar-refractivity contribution in [3.63, 3.8) is 0 Å². The van der Waals surface area contributed by atoms with Gasteiger partial charge in [-0.3, -0.25) is 0 Å². The van der Waals surface area contributed by atoms with E-state index in [1.165, 1.54) is 4.90 Å². The van der Waals surface area contributed by atoms with Gasteiger partial charge >= 0.3 is 0 Å². The second kappa shape index (κ2) is 7.45. The summed E-state index contributed by atoms with van der Waals surface area (Å²) in [6.45, 7) is 4.89. The smallest absolute Gasteiger partial charge is 0.231 e. The Kier molecular flexibility index (Phi) is 5.61. The molecule has 0 aliphatic carbocycles. The lowest BCUT2D eigenvalue weighted by atomic mass is 9.97. The Balaban J connectivity index is 1.94. The van der Waals surface area contributed by atoms with Gasteiger partial charge in [0, 0.05) is 11.4 Å². The normalized spacial score (nSPS) is 12.8. The van der Waals surface area contributed by atoms with Gasteiger partial charge in [0.15, 0.2) is 5.82 Å². The van der Waals surface area contributed by atoms with E-state index in [4.69, 9.17) is 10.3 Å². The van der Waals surface area contributed by atoms with Crippen LogP contribution in [0.1, 0.15) is 37.9 Å².